The summed E-state index contributed by atoms with van der Waals surface area (Å²) in [4.78, 5) is 2.47. The summed E-state index contributed by atoms with van der Waals surface area (Å²) in [6, 6.07) is 3.75. The lowest BCUT2D eigenvalue weighted by molar-refractivity contribution is 0.277. The van der Waals surface area contributed by atoms with E-state index in [0.29, 0.717) is 17.3 Å². The van der Waals surface area contributed by atoms with E-state index in [4.69, 9.17) is 5.73 Å². The van der Waals surface area contributed by atoms with Crippen molar-refractivity contribution in [2.75, 3.05) is 30.7 Å². The predicted octanol–water partition coefficient (Wildman–Crippen LogP) is 2.61. The van der Waals surface area contributed by atoms with Crippen LogP contribution in [0.2, 0.25) is 0 Å². The molecule has 0 aromatic heterocycles. The van der Waals surface area contributed by atoms with Crippen LogP contribution < -0.4 is 11.1 Å². The molecule has 0 amide bonds. The normalized spacial score (nSPS) is 20.3. The monoisotopic (exact) mass is 251 g/mol. The molecular formula is C14H22FN3. The van der Waals surface area contributed by atoms with Gasteiger partial charge < -0.3 is 11.1 Å². The summed E-state index contributed by atoms with van der Waals surface area (Å²) in [5.41, 5.74) is 7.79. The summed E-state index contributed by atoms with van der Waals surface area (Å²) < 4.78 is 13.3. The third-order valence-electron chi connectivity index (χ3n) is 3.76. The third kappa shape index (κ3) is 2.75. The maximum absolute atomic E-state index is 13.3. The van der Waals surface area contributed by atoms with Crippen molar-refractivity contribution in [3.05, 3.63) is 23.5 Å². The molecule has 3 nitrogen and oxygen atoms in total. The van der Waals surface area contributed by atoms with E-state index in [1.165, 1.54) is 25.5 Å². The molecule has 1 aromatic rings. The Morgan fingerprint density at radius 1 is 1.50 bits per heavy atom. The minimum Gasteiger partial charge on any atom is -0.397 e. The van der Waals surface area contributed by atoms with Crippen molar-refractivity contribution < 1.29 is 4.39 Å². The van der Waals surface area contributed by atoms with E-state index in [1.807, 2.05) is 0 Å². The molecular weight excluding hydrogens is 229 g/mol. The van der Waals surface area contributed by atoms with Crippen LogP contribution >= 0.6 is 0 Å². The van der Waals surface area contributed by atoms with Crippen LogP contribution in [0, 0.1) is 12.7 Å². The van der Waals surface area contributed by atoms with Gasteiger partial charge in [0.1, 0.15) is 5.82 Å². The largest absolute Gasteiger partial charge is 0.397 e. The van der Waals surface area contributed by atoms with E-state index in [9.17, 15) is 4.39 Å². The van der Waals surface area contributed by atoms with Crippen LogP contribution in [0.3, 0.4) is 0 Å². The van der Waals surface area contributed by atoms with E-state index >= 15 is 0 Å². The Morgan fingerprint density at radius 3 is 3.00 bits per heavy atom. The summed E-state index contributed by atoms with van der Waals surface area (Å²) in [7, 11) is 0. The molecule has 1 heterocycles. The van der Waals surface area contributed by atoms with Gasteiger partial charge in [0.2, 0.25) is 0 Å². The van der Waals surface area contributed by atoms with E-state index in [0.717, 1.165) is 18.8 Å². The number of halogens is 1. The minimum absolute atomic E-state index is 0.242. The molecule has 1 atom stereocenters. The predicted molar refractivity (Wildman–Crippen MR) is 74.3 cm³/mol. The number of nitrogens with one attached hydrogen (secondary N) is 1. The van der Waals surface area contributed by atoms with E-state index in [2.05, 4.69) is 17.1 Å². The molecule has 3 N–H and O–H groups in total. The Morgan fingerprint density at radius 2 is 2.28 bits per heavy atom. The quantitative estimate of drug-likeness (QED) is 0.808. The number of hydrogen-bond donors (Lipinski definition) is 2. The standard InChI is InChI=1S/C14H22FN3/c1-3-18-6-4-5-11(18)9-17-14-7-10(2)12(15)8-13(14)16/h7-8,11,17H,3-6,9,16H2,1-2H3. The van der Waals surface area contributed by atoms with Gasteiger partial charge in [0.05, 0.1) is 11.4 Å². The molecule has 0 saturated carbocycles. The number of hydrogen-bond acceptors (Lipinski definition) is 3. The molecule has 0 spiro atoms. The van der Waals surface area contributed by atoms with Gasteiger partial charge in [0, 0.05) is 12.6 Å². The van der Waals surface area contributed by atoms with Gasteiger partial charge in [0.15, 0.2) is 0 Å². The lowest BCUT2D eigenvalue weighted by atomic mass is 10.1. The van der Waals surface area contributed by atoms with Crippen molar-refractivity contribution in [2.24, 2.45) is 0 Å². The van der Waals surface area contributed by atoms with Crippen molar-refractivity contribution in [3.63, 3.8) is 0 Å². The first-order valence-corrected chi connectivity index (χ1v) is 6.65. The Kier molecular flexibility index (Phi) is 4.07. The fraction of sp³-hybridized carbons (Fsp3) is 0.571. The van der Waals surface area contributed by atoms with E-state index in [-0.39, 0.29) is 5.82 Å². The molecule has 4 heteroatoms. The van der Waals surface area contributed by atoms with Crippen LogP contribution in [0.1, 0.15) is 25.3 Å². The van der Waals surface area contributed by atoms with E-state index < -0.39 is 0 Å². The molecule has 1 aliphatic rings. The third-order valence-corrected chi connectivity index (χ3v) is 3.76. The average molecular weight is 251 g/mol. The summed E-state index contributed by atoms with van der Waals surface area (Å²) in [6.07, 6.45) is 2.49. The number of nitrogen functional groups attached to an aromatic ring is 1. The molecule has 1 aliphatic heterocycles. The van der Waals surface area contributed by atoms with Gasteiger partial charge in [-0.05, 0) is 50.6 Å². The highest BCUT2D eigenvalue weighted by Crippen LogP contribution is 2.24. The van der Waals surface area contributed by atoms with Crippen LogP contribution in [0.5, 0.6) is 0 Å². The molecule has 0 bridgehead atoms. The number of aryl methyl sites for hydroxylation is 1. The highest BCUT2D eigenvalue weighted by atomic mass is 19.1. The van der Waals surface area contributed by atoms with Gasteiger partial charge in [-0.25, -0.2) is 4.39 Å². The first kappa shape index (κ1) is 13.1. The van der Waals surface area contributed by atoms with Crippen molar-refractivity contribution >= 4 is 11.4 Å². The molecule has 1 saturated heterocycles. The topological polar surface area (TPSA) is 41.3 Å². The zero-order valence-electron chi connectivity index (χ0n) is 11.2. The molecule has 1 fully saturated rings. The summed E-state index contributed by atoms with van der Waals surface area (Å²) in [6.45, 7) is 7.09. The van der Waals surface area contributed by atoms with Crippen molar-refractivity contribution in [3.8, 4) is 0 Å². The Bertz CT molecular complexity index is 420. The number of nitrogens with zero attached hydrogens (tertiary/aromatic N) is 1. The van der Waals surface area contributed by atoms with Crippen molar-refractivity contribution in [1.29, 1.82) is 0 Å². The first-order chi connectivity index (χ1) is 8.61. The lowest BCUT2D eigenvalue weighted by Gasteiger charge is -2.23. The number of likely N-dealkylation sites (tertiary alicyclic amines) is 1. The van der Waals surface area contributed by atoms with E-state index in [1.54, 1.807) is 13.0 Å². The van der Waals surface area contributed by atoms with Gasteiger partial charge in [-0.3, -0.25) is 4.90 Å². The second-order valence-corrected chi connectivity index (χ2v) is 4.99. The minimum atomic E-state index is -0.242. The lowest BCUT2D eigenvalue weighted by Crippen LogP contribution is -2.34. The smallest absolute Gasteiger partial charge is 0.128 e. The number of rotatable bonds is 4. The Balaban J connectivity index is 2.00. The summed E-state index contributed by atoms with van der Waals surface area (Å²) >= 11 is 0. The van der Waals surface area contributed by atoms with Gasteiger partial charge in [0.25, 0.3) is 0 Å². The second-order valence-electron chi connectivity index (χ2n) is 4.99. The van der Waals surface area contributed by atoms with Crippen molar-refractivity contribution in [2.45, 2.75) is 32.7 Å². The van der Waals surface area contributed by atoms with Gasteiger partial charge in [-0.2, -0.15) is 0 Å². The molecule has 1 unspecified atom stereocenters. The van der Waals surface area contributed by atoms with Crippen LogP contribution in [-0.4, -0.2) is 30.6 Å². The Labute approximate surface area is 108 Å². The first-order valence-electron chi connectivity index (χ1n) is 6.65. The van der Waals surface area contributed by atoms with Crippen LogP contribution in [0.15, 0.2) is 12.1 Å². The van der Waals surface area contributed by atoms with Crippen LogP contribution in [-0.2, 0) is 0 Å². The fourth-order valence-corrected chi connectivity index (χ4v) is 2.62. The zero-order valence-corrected chi connectivity index (χ0v) is 11.2. The van der Waals surface area contributed by atoms with Crippen LogP contribution in [0.25, 0.3) is 0 Å². The molecule has 0 aliphatic carbocycles. The summed E-state index contributed by atoms with van der Waals surface area (Å²) in [5, 5.41) is 3.35. The number of likely N-dealkylation sites (N-methyl/N-ethyl adjacent to an activating group) is 1. The SMILES string of the molecule is CCN1CCCC1CNc1cc(C)c(F)cc1N. The highest BCUT2D eigenvalue weighted by molar-refractivity contribution is 5.67. The maximum atomic E-state index is 13.3. The van der Waals surface area contributed by atoms with Crippen LogP contribution in [0.4, 0.5) is 15.8 Å². The fourth-order valence-electron chi connectivity index (χ4n) is 2.62. The second kappa shape index (κ2) is 5.57. The molecule has 2 rings (SSSR count). The molecule has 0 radical (unpaired) electrons. The zero-order chi connectivity index (χ0) is 13.1. The highest BCUT2D eigenvalue weighted by Gasteiger charge is 2.22. The number of anilines is 2. The number of nitrogens with two attached hydrogens (primary N) is 1. The van der Waals surface area contributed by atoms with Gasteiger partial charge in [-0.1, -0.05) is 6.92 Å². The Hall–Kier alpha value is -1.29. The summed E-state index contributed by atoms with van der Waals surface area (Å²) in [5.74, 6) is -0.242. The average Bonchev–Trinajstić information content (AvgIpc) is 2.79. The van der Waals surface area contributed by atoms with Crippen molar-refractivity contribution in [1.82, 2.24) is 4.90 Å². The molecule has 18 heavy (non-hydrogen) atoms. The van der Waals surface area contributed by atoms with Gasteiger partial charge >= 0.3 is 0 Å². The van der Waals surface area contributed by atoms with Gasteiger partial charge in [-0.15, -0.1) is 0 Å². The molecule has 100 valence electrons. The number of benzene rings is 1. The maximum Gasteiger partial charge on any atom is 0.128 e. The molecule has 1 aromatic carbocycles.